The molecule has 0 amide bonds. The number of thioether (sulfide) groups is 1. The molecule has 0 saturated heterocycles. The number of phosphoric ester groups is 1. The minimum absolute atomic E-state index is 0.0817. The van der Waals surface area contributed by atoms with Crippen molar-refractivity contribution in [2.45, 2.75) is 6.10 Å². The average Bonchev–Trinajstić information content (AvgIpc) is 1.96. The summed E-state index contributed by atoms with van der Waals surface area (Å²) in [5.74, 6) is 0.649. The molecule has 0 radical (unpaired) electrons. The van der Waals surface area contributed by atoms with Crippen molar-refractivity contribution >= 4 is 19.6 Å². The third-order valence-electron chi connectivity index (χ3n) is 1.11. The highest BCUT2D eigenvalue weighted by molar-refractivity contribution is 7.98. The Bertz CT molecular complexity index is 158. The maximum atomic E-state index is 10.3. The molecule has 0 aliphatic rings. The van der Waals surface area contributed by atoms with E-state index >= 15 is 0 Å². The summed E-state index contributed by atoms with van der Waals surface area (Å²) < 4.78 is 19.4. The van der Waals surface area contributed by atoms with Gasteiger partial charge in [0.1, 0.15) is 0 Å². The summed E-state index contributed by atoms with van der Waals surface area (Å²) >= 11 is 1.53. The van der Waals surface area contributed by atoms with Gasteiger partial charge in [0, 0.05) is 12.9 Å². The van der Waals surface area contributed by atoms with Crippen molar-refractivity contribution in [3.8, 4) is 0 Å². The fraction of sp³-hybridized carbons (Fsp3) is 1.00. The zero-order valence-corrected chi connectivity index (χ0v) is 8.68. The largest absolute Gasteiger partial charge is 0.469 e. The van der Waals surface area contributed by atoms with E-state index in [-0.39, 0.29) is 12.7 Å². The first-order chi connectivity index (χ1) is 5.49. The van der Waals surface area contributed by atoms with Gasteiger partial charge in [0.05, 0.1) is 12.7 Å². The van der Waals surface area contributed by atoms with Gasteiger partial charge < -0.3 is 14.5 Å². The first kappa shape index (κ1) is 12.4. The van der Waals surface area contributed by atoms with E-state index in [0.29, 0.717) is 5.75 Å². The highest BCUT2D eigenvalue weighted by atomic mass is 32.2. The van der Waals surface area contributed by atoms with Crippen LogP contribution in [0.2, 0.25) is 0 Å². The van der Waals surface area contributed by atoms with E-state index in [0.717, 1.165) is 0 Å². The Labute approximate surface area is 75.7 Å². The molecule has 0 aliphatic carbocycles. The van der Waals surface area contributed by atoms with Gasteiger partial charge in [-0.15, -0.1) is 0 Å². The summed E-state index contributed by atoms with van der Waals surface area (Å²) in [6.07, 6.45) is 1.61. The summed E-state index contributed by atoms with van der Waals surface area (Å²) in [6, 6.07) is 0. The topological polar surface area (TPSA) is 76.0 Å². The number of hydrogen-bond acceptors (Lipinski definition) is 4. The Morgan fingerprint density at radius 3 is 2.50 bits per heavy atom. The Morgan fingerprint density at radius 1 is 1.58 bits per heavy atom. The molecule has 5 nitrogen and oxygen atoms in total. The van der Waals surface area contributed by atoms with Crippen LogP contribution in [0.25, 0.3) is 0 Å². The summed E-state index contributed by atoms with van der Waals surface area (Å²) in [5.41, 5.74) is 0. The molecule has 74 valence electrons. The monoisotopic (exact) mass is 216 g/mol. The van der Waals surface area contributed by atoms with Gasteiger partial charge in [0.15, 0.2) is 0 Å². The normalized spacial score (nSPS) is 14.7. The molecule has 0 bridgehead atoms. The Balaban J connectivity index is 3.65. The van der Waals surface area contributed by atoms with Gasteiger partial charge in [-0.3, -0.25) is 4.52 Å². The first-order valence-electron chi connectivity index (χ1n) is 3.21. The van der Waals surface area contributed by atoms with E-state index < -0.39 is 7.82 Å². The van der Waals surface area contributed by atoms with E-state index in [1.807, 2.05) is 6.26 Å². The number of methoxy groups -OCH3 is 1. The first-order valence-corrected chi connectivity index (χ1v) is 6.14. The summed E-state index contributed by atoms with van der Waals surface area (Å²) in [6.45, 7) is -0.0817. The summed E-state index contributed by atoms with van der Waals surface area (Å²) in [5, 5.41) is 0. The fourth-order valence-corrected chi connectivity index (χ4v) is 1.51. The zero-order chi connectivity index (χ0) is 9.61. The number of phosphoric acid groups is 1. The fourth-order valence-electron chi connectivity index (χ4n) is 0.550. The van der Waals surface area contributed by atoms with E-state index in [2.05, 4.69) is 4.52 Å². The van der Waals surface area contributed by atoms with Crippen LogP contribution in [0.15, 0.2) is 0 Å². The quantitative estimate of drug-likeness (QED) is 0.629. The second-order valence-corrected chi connectivity index (χ2v) is 4.25. The van der Waals surface area contributed by atoms with Gasteiger partial charge >= 0.3 is 7.82 Å². The van der Waals surface area contributed by atoms with Crippen LogP contribution < -0.4 is 0 Å². The van der Waals surface area contributed by atoms with Gasteiger partial charge in [0.25, 0.3) is 0 Å². The number of hydrogen-bond donors (Lipinski definition) is 2. The highest BCUT2D eigenvalue weighted by Gasteiger charge is 2.17. The Kier molecular flexibility index (Phi) is 6.17. The molecule has 0 aromatic rings. The lowest BCUT2D eigenvalue weighted by molar-refractivity contribution is 0.0605. The van der Waals surface area contributed by atoms with E-state index in [4.69, 9.17) is 14.5 Å². The van der Waals surface area contributed by atoms with Crippen LogP contribution in [0, 0.1) is 0 Å². The molecule has 1 atom stereocenters. The summed E-state index contributed by atoms with van der Waals surface area (Å²) in [4.78, 5) is 16.7. The lowest BCUT2D eigenvalue weighted by Gasteiger charge is -2.14. The van der Waals surface area contributed by atoms with Gasteiger partial charge in [0.2, 0.25) is 0 Å². The van der Waals surface area contributed by atoms with Crippen LogP contribution in [0.1, 0.15) is 0 Å². The standard InChI is InChI=1S/C5H13O5PS/c1-9-5(4-12-2)3-10-11(6,7)8/h5H,3-4H2,1-2H3,(H2,6,7,8). The average molecular weight is 216 g/mol. The molecule has 0 aliphatic heterocycles. The maximum absolute atomic E-state index is 10.3. The van der Waals surface area contributed by atoms with Crippen molar-refractivity contribution in [2.75, 3.05) is 25.7 Å². The number of rotatable bonds is 6. The Hall–Kier alpha value is 0.420. The van der Waals surface area contributed by atoms with Crippen molar-refractivity contribution in [3.63, 3.8) is 0 Å². The van der Waals surface area contributed by atoms with Crippen LogP contribution in [0.5, 0.6) is 0 Å². The summed E-state index contributed by atoms with van der Waals surface area (Å²) in [7, 11) is -2.87. The van der Waals surface area contributed by atoms with E-state index in [1.165, 1.54) is 18.9 Å². The molecule has 2 N–H and O–H groups in total. The second-order valence-electron chi connectivity index (χ2n) is 2.10. The molecule has 12 heavy (non-hydrogen) atoms. The molecule has 1 unspecified atom stereocenters. The molecule has 0 rings (SSSR count). The molecular weight excluding hydrogens is 203 g/mol. The Morgan fingerprint density at radius 2 is 2.17 bits per heavy atom. The van der Waals surface area contributed by atoms with Gasteiger partial charge in [-0.25, -0.2) is 4.57 Å². The van der Waals surface area contributed by atoms with Crippen LogP contribution >= 0.6 is 19.6 Å². The van der Waals surface area contributed by atoms with Gasteiger partial charge in [-0.05, 0) is 6.26 Å². The van der Waals surface area contributed by atoms with Crippen molar-refractivity contribution < 1.29 is 23.6 Å². The third-order valence-corrected chi connectivity index (χ3v) is 2.31. The molecule has 0 saturated carbocycles. The number of ether oxygens (including phenoxy) is 1. The third kappa shape index (κ3) is 7.09. The van der Waals surface area contributed by atoms with Crippen molar-refractivity contribution in [1.29, 1.82) is 0 Å². The predicted octanol–water partition coefficient (Wildman–Crippen LogP) is 0.474. The van der Waals surface area contributed by atoms with Crippen molar-refractivity contribution in [3.05, 3.63) is 0 Å². The van der Waals surface area contributed by atoms with Crippen LogP contribution in [-0.4, -0.2) is 41.6 Å². The molecule has 7 heteroatoms. The maximum Gasteiger partial charge on any atom is 0.469 e. The molecular formula is C5H13O5PS. The molecule has 0 heterocycles. The minimum Gasteiger partial charge on any atom is -0.378 e. The van der Waals surface area contributed by atoms with E-state index in [9.17, 15) is 4.57 Å². The smallest absolute Gasteiger partial charge is 0.378 e. The van der Waals surface area contributed by atoms with Crippen molar-refractivity contribution in [1.82, 2.24) is 0 Å². The lowest BCUT2D eigenvalue weighted by Crippen LogP contribution is -2.20. The van der Waals surface area contributed by atoms with E-state index in [1.54, 1.807) is 0 Å². The minimum atomic E-state index is -4.35. The highest BCUT2D eigenvalue weighted by Crippen LogP contribution is 2.35. The molecule has 0 spiro atoms. The van der Waals surface area contributed by atoms with Crippen LogP contribution in [0.3, 0.4) is 0 Å². The second kappa shape index (κ2) is 5.96. The molecule has 0 aromatic heterocycles. The molecule has 0 aromatic carbocycles. The van der Waals surface area contributed by atoms with Crippen LogP contribution in [-0.2, 0) is 13.8 Å². The van der Waals surface area contributed by atoms with Crippen molar-refractivity contribution in [2.24, 2.45) is 0 Å². The van der Waals surface area contributed by atoms with Gasteiger partial charge in [-0.1, -0.05) is 0 Å². The zero-order valence-electron chi connectivity index (χ0n) is 6.97. The van der Waals surface area contributed by atoms with Gasteiger partial charge in [-0.2, -0.15) is 11.8 Å². The van der Waals surface area contributed by atoms with Crippen LogP contribution in [0.4, 0.5) is 0 Å². The SMILES string of the molecule is COC(COP(=O)(O)O)CSC. The lowest BCUT2D eigenvalue weighted by atomic mass is 10.4. The molecule has 0 fully saturated rings. The predicted molar refractivity (Wildman–Crippen MR) is 47.2 cm³/mol.